The van der Waals surface area contributed by atoms with E-state index in [2.05, 4.69) is 4.74 Å². The van der Waals surface area contributed by atoms with Crippen molar-refractivity contribution in [2.75, 3.05) is 19.7 Å². The van der Waals surface area contributed by atoms with Crippen molar-refractivity contribution in [3.05, 3.63) is 34.7 Å². The average molecular weight is 304 g/mol. The van der Waals surface area contributed by atoms with Gasteiger partial charge in [0.15, 0.2) is 6.10 Å². The summed E-state index contributed by atoms with van der Waals surface area (Å²) in [6.07, 6.45) is -4.90. The number of morpholine rings is 1. The molecular weight excluding hydrogens is 289 g/mol. The third-order valence-corrected chi connectivity index (χ3v) is 3.25. The highest BCUT2D eigenvalue weighted by molar-refractivity contribution is 5.76. The van der Waals surface area contributed by atoms with E-state index < -0.39 is 24.7 Å². The zero-order valence-corrected chi connectivity index (χ0v) is 11.2. The molecule has 0 aliphatic carbocycles. The van der Waals surface area contributed by atoms with Crippen LogP contribution in [0.2, 0.25) is 0 Å². The number of aromatic nitrogens is 1. The predicted octanol–water partition coefficient (Wildman–Crippen LogP) is 1.03. The molecule has 0 aromatic carbocycles. The molecule has 0 unspecified atom stereocenters. The molecule has 1 saturated heterocycles. The molecule has 21 heavy (non-hydrogen) atoms. The molecule has 0 spiro atoms. The summed E-state index contributed by atoms with van der Waals surface area (Å²) in [5.74, 6) is -0.414. The molecule has 8 heteroatoms. The summed E-state index contributed by atoms with van der Waals surface area (Å²) >= 11 is 0. The van der Waals surface area contributed by atoms with Gasteiger partial charge in [0.25, 0.3) is 5.56 Å². The van der Waals surface area contributed by atoms with Crippen molar-refractivity contribution in [3.63, 3.8) is 0 Å². The number of aryl methyl sites for hydroxylation is 1. The Kier molecular flexibility index (Phi) is 4.66. The zero-order chi connectivity index (χ0) is 15.5. The largest absolute Gasteiger partial charge is 0.416 e. The monoisotopic (exact) mass is 304 g/mol. The van der Waals surface area contributed by atoms with Crippen LogP contribution in [0.25, 0.3) is 0 Å². The van der Waals surface area contributed by atoms with Crippen molar-refractivity contribution in [1.82, 2.24) is 9.47 Å². The third kappa shape index (κ3) is 4.07. The summed E-state index contributed by atoms with van der Waals surface area (Å²) in [4.78, 5) is 24.5. The van der Waals surface area contributed by atoms with Gasteiger partial charge in [-0.05, 0) is 6.07 Å². The van der Waals surface area contributed by atoms with Gasteiger partial charge in [0.05, 0.1) is 13.2 Å². The smallest absolute Gasteiger partial charge is 0.365 e. The zero-order valence-electron chi connectivity index (χ0n) is 11.2. The van der Waals surface area contributed by atoms with Gasteiger partial charge >= 0.3 is 6.18 Å². The Bertz CT molecular complexity index is 556. The van der Waals surface area contributed by atoms with Crippen LogP contribution < -0.4 is 5.56 Å². The number of hydrogen-bond acceptors (Lipinski definition) is 3. The van der Waals surface area contributed by atoms with Crippen LogP contribution in [-0.4, -0.2) is 47.4 Å². The Balaban J connectivity index is 1.91. The fourth-order valence-corrected chi connectivity index (χ4v) is 2.09. The fourth-order valence-electron chi connectivity index (χ4n) is 2.09. The molecule has 0 radical (unpaired) electrons. The van der Waals surface area contributed by atoms with Crippen LogP contribution in [-0.2, 0) is 16.1 Å². The van der Waals surface area contributed by atoms with Gasteiger partial charge < -0.3 is 14.2 Å². The number of rotatable bonds is 3. The van der Waals surface area contributed by atoms with Crippen molar-refractivity contribution >= 4 is 5.91 Å². The van der Waals surface area contributed by atoms with Crippen molar-refractivity contribution in [2.24, 2.45) is 0 Å². The summed E-state index contributed by atoms with van der Waals surface area (Å²) in [6.45, 7) is -0.352. The summed E-state index contributed by atoms with van der Waals surface area (Å²) in [5.41, 5.74) is -0.250. The minimum atomic E-state index is -4.48. The average Bonchev–Trinajstić information content (AvgIpc) is 2.45. The third-order valence-electron chi connectivity index (χ3n) is 3.25. The van der Waals surface area contributed by atoms with Crippen molar-refractivity contribution in [2.45, 2.75) is 25.2 Å². The summed E-state index contributed by atoms with van der Waals surface area (Å²) < 4.78 is 43.7. The van der Waals surface area contributed by atoms with Crippen LogP contribution in [0.4, 0.5) is 13.2 Å². The van der Waals surface area contributed by atoms with Crippen LogP contribution >= 0.6 is 0 Å². The van der Waals surface area contributed by atoms with E-state index >= 15 is 0 Å². The molecule has 1 aliphatic rings. The van der Waals surface area contributed by atoms with Crippen molar-refractivity contribution < 1.29 is 22.7 Å². The first-order valence-corrected chi connectivity index (χ1v) is 6.49. The van der Waals surface area contributed by atoms with E-state index in [-0.39, 0.29) is 31.7 Å². The Labute approximate surface area is 118 Å². The number of carbonyl (C=O) groups is 1. The Hall–Kier alpha value is -1.83. The first-order valence-electron chi connectivity index (χ1n) is 6.49. The van der Waals surface area contributed by atoms with Crippen LogP contribution in [0.1, 0.15) is 6.42 Å². The molecule has 5 nitrogen and oxygen atoms in total. The number of pyridine rings is 1. The SMILES string of the molecule is O=C(CCn1ccccc1=O)N1CCO[C@H](C(F)(F)F)C1. The highest BCUT2D eigenvalue weighted by Crippen LogP contribution is 2.25. The van der Waals surface area contributed by atoms with Crippen LogP contribution in [0.3, 0.4) is 0 Å². The maximum absolute atomic E-state index is 12.6. The van der Waals surface area contributed by atoms with E-state index in [0.29, 0.717) is 0 Å². The molecule has 2 heterocycles. The first kappa shape index (κ1) is 15.6. The second-order valence-corrected chi connectivity index (χ2v) is 4.72. The molecule has 116 valence electrons. The number of alkyl halides is 3. The van der Waals surface area contributed by atoms with Crippen LogP contribution in [0, 0.1) is 0 Å². The lowest BCUT2D eigenvalue weighted by Crippen LogP contribution is -2.51. The van der Waals surface area contributed by atoms with Gasteiger partial charge in [0.1, 0.15) is 0 Å². The second-order valence-electron chi connectivity index (χ2n) is 4.72. The number of hydrogen-bond donors (Lipinski definition) is 0. The summed E-state index contributed by atoms with van der Waals surface area (Å²) in [5, 5.41) is 0. The molecular formula is C13H15F3N2O3. The summed E-state index contributed by atoms with van der Waals surface area (Å²) in [7, 11) is 0. The van der Waals surface area contributed by atoms with Crippen LogP contribution in [0.15, 0.2) is 29.2 Å². The van der Waals surface area contributed by atoms with E-state index in [4.69, 9.17) is 0 Å². The number of nitrogens with zero attached hydrogens (tertiary/aromatic N) is 2. The minimum absolute atomic E-state index is 0.0193. The lowest BCUT2D eigenvalue weighted by molar-refractivity contribution is -0.236. The van der Waals surface area contributed by atoms with E-state index in [1.807, 2.05) is 0 Å². The maximum atomic E-state index is 12.6. The molecule has 1 fully saturated rings. The molecule has 0 bridgehead atoms. The molecule has 0 saturated carbocycles. The van der Waals surface area contributed by atoms with Gasteiger partial charge in [-0.15, -0.1) is 0 Å². The highest BCUT2D eigenvalue weighted by Gasteiger charge is 2.44. The standard InChI is InChI=1S/C13H15F3N2O3/c14-13(15,16)10-9-18(7-8-21-10)12(20)4-6-17-5-2-1-3-11(17)19/h1-3,5,10H,4,6-9H2/t10-/m0/s1. The Morgan fingerprint density at radius 3 is 2.81 bits per heavy atom. The first-order chi connectivity index (χ1) is 9.88. The van der Waals surface area contributed by atoms with E-state index in [1.165, 1.54) is 16.8 Å². The normalized spacial score (nSPS) is 19.6. The van der Waals surface area contributed by atoms with Crippen molar-refractivity contribution in [1.29, 1.82) is 0 Å². The van der Waals surface area contributed by atoms with E-state index in [1.54, 1.807) is 12.1 Å². The Morgan fingerprint density at radius 2 is 2.14 bits per heavy atom. The molecule has 1 atom stereocenters. The molecule has 0 N–H and O–H groups in total. The predicted molar refractivity (Wildman–Crippen MR) is 67.7 cm³/mol. The number of amides is 1. The van der Waals surface area contributed by atoms with Gasteiger partial charge in [0.2, 0.25) is 5.91 Å². The maximum Gasteiger partial charge on any atom is 0.416 e. The molecule has 2 rings (SSSR count). The second kappa shape index (κ2) is 6.30. The van der Waals surface area contributed by atoms with Gasteiger partial charge in [-0.1, -0.05) is 6.07 Å². The number of ether oxygens (including phenoxy) is 1. The van der Waals surface area contributed by atoms with E-state index in [0.717, 1.165) is 4.90 Å². The van der Waals surface area contributed by atoms with Gasteiger partial charge in [-0.2, -0.15) is 13.2 Å². The summed E-state index contributed by atoms with van der Waals surface area (Å²) in [6, 6.07) is 4.59. The van der Waals surface area contributed by atoms with Gasteiger partial charge in [-0.3, -0.25) is 9.59 Å². The van der Waals surface area contributed by atoms with Gasteiger partial charge in [0, 0.05) is 31.8 Å². The molecule has 1 aliphatic heterocycles. The molecule has 1 aromatic rings. The fraction of sp³-hybridized carbons (Fsp3) is 0.538. The van der Waals surface area contributed by atoms with Gasteiger partial charge in [-0.25, -0.2) is 0 Å². The van der Waals surface area contributed by atoms with E-state index in [9.17, 15) is 22.8 Å². The Morgan fingerprint density at radius 1 is 1.38 bits per heavy atom. The number of halogens is 3. The molecule has 1 aromatic heterocycles. The lowest BCUT2D eigenvalue weighted by Gasteiger charge is -2.33. The lowest BCUT2D eigenvalue weighted by atomic mass is 10.2. The minimum Gasteiger partial charge on any atom is -0.365 e. The number of carbonyl (C=O) groups excluding carboxylic acids is 1. The highest BCUT2D eigenvalue weighted by atomic mass is 19.4. The van der Waals surface area contributed by atoms with Crippen LogP contribution in [0.5, 0.6) is 0 Å². The quantitative estimate of drug-likeness (QED) is 0.838. The topological polar surface area (TPSA) is 51.5 Å². The van der Waals surface area contributed by atoms with Crippen molar-refractivity contribution in [3.8, 4) is 0 Å². The molecule has 1 amide bonds.